The third kappa shape index (κ3) is 3.53. The molecule has 2 saturated heterocycles. The quantitative estimate of drug-likeness (QED) is 0.884. The molecule has 0 bridgehead atoms. The summed E-state index contributed by atoms with van der Waals surface area (Å²) in [6.07, 6.45) is 0. The maximum absolute atomic E-state index is 12.7. The number of nitrogens with one attached hydrogen (secondary N) is 1. The number of piperazine rings is 1. The normalized spacial score (nSPS) is 23.8. The van der Waals surface area contributed by atoms with Gasteiger partial charge in [-0.25, -0.2) is 0 Å². The second-order valence-corrected chi connectivity index (χ2v) is 8.64. The Balaban J connectivity index is 1.57. The molecule has 0 radical (unpaired) electrons. The van der Waals surface area contributed by atoms with Gasteiger partial charge in [0.1, 0.15) is 6.04 Å². The van der Waals surface area contributed by atoms with Crippen LogP contribution >= 0.6 is 11.8 Å². The van der Waals surface area contributed by atoms with E-state index in [0.717, 1.165) is 13.1 Å². The minimum absolute atomic E-state index is 0.0458. The largest absolute Gasteiger partial charge is 0.368 e. The molecule has 1 aromatic carbocycles. The fourth-order valence-corrected chi connectivity index (χ4v) is 4.09. The third-order valence-electron chi connectivity index (χ3n) is 4.72. The van der Waals surface area contributed by atoms with E-state index in [2.05, 4.69) is 41.4 Å². The number of nitrogens with zero attached hydrogens (tertiary/aromatic N) is 2. The van der Waals surface area contributed by atoms with Gasteiger partial charge in [0.2, 0.25) is 11.8 Å². The van der Waals surface area contributed by atoms with E-state index in [4.69, 9.17) is 0 Å². The first kappa shape index (κ1) is 17.1. The molecule has 2 fully saturated rings. The summed E-state index contributed by atoms with van der Waals surface area (Å²) in [6, 6.07) is 8.07. The topological polar surface area (TPSA) is 52.7 Å². The van der Waals surface area contributed by atoms with Crippen LogP contribution in [0.1, 0.15) is 19.4 Å². The summed E-state index contributed by atoms with van der Waals surface area (Å²) in [7, 11) is 0. The summed E-state index contributed by atoms with van der Waals surface area (Å²) >= 11 is 1.56. The van der Waals surface area contributed by atoms with Crippen LogP contribution in [0.25, 0.3) is 0 Å². The van der Waals surface area contributed by atoms with E-state index in [1.165, 1.54) is 11.3 Å². The van der Waals surface area contributed by atoms with Crippen molar-refractivity contribution >= 4 is 29.3 Å². The number of thioether (sulfide) groups is 1. The maximum Gasteiger partial charge on any atom is 0.246 e. The average Bonchev–Trinajstić information content (AvgIpc) is 2.57. The molecule has 0 unspecified atom stereocenters. The molecule has 5 nitrogen and oxygen atoms in total. The van der Waals surface area contributed by atoms with Crippen LogP contribution in [-0.2, 0) is 9.59 Å². The van der Waals surface area contributed by atoms with Gasteiger partial charge in [0.05, 0.1) is 4.75 Å². The molecule has 1 N–H and O–H groups in total. The van der Waals surface area contributed by atoms with Crippen LogP contribution in [0.4, 0.5) is 5.69 Å². The average molecular weight is 347 g/mol. The van der Waals surface area contributed by atoms with Crippen molar-refractivity contribution in [1.82, 2.24) is 10.2 Å². The summed E-state index contributed by atoms with van der Waals surface area (Å²) in [5.74, 6) is 0.654. The summed E-state index contributed by atoms with van der Waals surface area (Å²) in [5.41, 5.74) is 2.46. The molecule has 24 heavy (non-hydrogen) atoms. The Morgan fingerprint density at radius 1 is 1.25 bits per heavy atom. The van der Waals surface area contributed by atoms with E-state index in [1.54, 1.807) is 11.8 Å². The second kappa shape index (κ2) is 6.67. The Morgan fingerprint density at radius 3 is 2.58 bits per heavy atom. The molecule has 2 amide bonds. The number of benzene rings is 1. The summed E-state index contributed by atoms with van der Waals surface area (Å²) < 4.78 is -0.444. The molecule has 0 aromatic heterocycles. The van der Waals surface area contributed by atoms with Gasteiger partial charge in [-0.3, -0.25) is 9.59 Å². The number of carbonyl (C=O) groups is 2. The first-order valence-corrected chi connectivity index (χ1v) is 9.41. The van der Waals surface area contributed by atoms with E-state index in [-0.39, 0.29) is 17.9 Å². The molecule has 0 spiro atoms. The van der Waals surface area contributed by atoms with E-state index in [0.29, 0.717) is 18.8 Å². The predicted molar refractivity (Wildman–Crippen MR) is 98.4 cm³/mol. The maximum atomic E-state index is 12.7. The van der Waals surface area contributed by atoms with Gasteiger partial charge < -0.3 is 15.1 Å². The molecular formula is C18H25N3O2S. The lowest BCUT2D eigenvalue weighted by Gasteiger charge is -2.40. The zero-order chi connectivity index (χ0) is 17.3. The van der Waals surface area contributed by atoms with E-state index >= 15 is 0 Å². The molecule has 1 atom stereocenters. The van der Waals surface area contributed by atoms with Crippen molar-refractivity contribution in [3.05, 3.63) is 29.8 Å². The fourth-order valence-electron chi connectivity index (χ4n) is 3.09. The van der Waals surface area contributed by atoms with Gasteiger partial charge >= 0.3 is 0 Å². The monoisotopic (exact) mass is 347 g/mol. The van der Waals surface area contributed by atoms with E-state index in [9.17, 15) is 9.59 Å². The smallest absolute Gasteiger partial charge is 0.246 e. The highest BCUT2D eigenvalue weighted by Crippen LogP contribution is 2.29. The number of anilines is 1. The molecular weight excluding hydrogens is 322 g/mol. The van der Waals surface area contributed by atoms with Crippen molar-refractivity contribution in [2.45, 2.75) is 31.6 Å². The van der Waals surface area contributed by atoms with Gasteiger partial charge in [0.15, 0.2) is 0 Å². The first-order valence-electron chi connectivity index (χ1n) is 8.42. The van der Waals surface area contributed by atoms with Crippen molar-refractivity contribution in [3.8, 4) is 0 Å². The van der Waals surface area contributed by atoms with Crippen molar-refractivity contribution in [3.63, 3.8) is 0 Å². The lowest BCUT2D eigenvalue weighted by Crippen LogP contribution is -2.60. The van der Waals surface area contributed by atoms with Gasteiger partial charge in [-0.2, -0.15) is 0 Å². The van der Waals surface area contributed by atoms with Crippen molar-refractivity contribution in [2.24, 2.45) is 0 Å². The van der Waals surface area contributed by atoms with Crippen LogP contribution in [0.2, 0.25) is 0 Å². The molecule has 2 aliphatic rings. The minimum Gasteiger partial charge on any atom is -0.368 e. The minimum atomic E-state index is -0.444. The SMILES string of the molecule is Cc1cccc(N2CCN(C(=O)[C@H]3CSC(C)(C)C(=O)N3)CC2)c1. The fraction of sp³-hybridized carbons (Fsp3) is 0.556. The standard InChI is InChI=1S/C18H25N3O2S/c1-13-5-4-6-14(11-13)20-7-9-21(10-8-20)16(22)15-12-24-18(2,3)17(23)19-15/h4-6,11,15H,7-10,12H2,1-3H3,(H,19,23)/t15-/m1/s1. The van der Waals surface area contributed by atoms with E-state index < -0.39 is 4.75 Å². The molecule has 3 rings (SSSR count). The number of carbonyl (C=O) groups excluding carboxylic acids is 2. The number of hydrogen-bond donors (Lipinski definition) is 1. The van der Waals surface area contributed by atoms with Crippen molar-refractivity contribution in [2.75, 3.05) is 36.8 Å². The zero-order valence-electron chi connectivity index (χ0n) is 14.5. The number of hydrogen-bond acceptors (Lipinski definition) is 4. The summed E-state index contributed by atoms with van der Waals surface area (Å²) in [5, 5.41) is 2.89. The zero-order valence-corrected chi connectivity index (χ0v) is 15.4. The number of aryl methyl sites for hydroxylation is 1. The highest BCUT2D eigenvalue weighted by Gasteiger charge is 2.39. The summed E-state index contributed by atoms with van der Waals surface area (Å²) in [4.78, 5) is 29.0. The molecule has 1 aromatic rings. The van der Waals surface area contributed by atoms with Gasteiger partial charge in [-0.1, -0.05) is 12.1 Å². The third-order valence-corrected chi connectivity index (χ3v) is 6.13. The van der Waals surface area contributed by atoms with Crippen LogP contribution in [0.5, 0.6) is 0 Å². The molecule has 0 saturated carbocycles. The highest BCUT2D eigenvalue weighted by atomic mass is 32.2. The van der Waals surface area contributed by atoms with E-state index in [1.807, 2.05) is 18.7 Å². The lowest BCUT2D eigenvalue weighted by molar-refractivity contribution is -0.136. The van der Waals surface area contributed by atoms with Gasteiger partial charge in [-0.05, 0) is 38.5 Å². The Kier molecular flexibility index (Phi) is 4.76. The Bertz CT molecular complexity index is 639. The number of amides is 2. The van der Waals surface area contributed by atoms with Crippen molar-refractivity contribution < 1.29 is 9.59 Å². The van der Waals surface area contributed by atoms with Crippen molar-refractivity contribution in [1.29, 1.82) is 0 Å². The van der Waals surface area contributed by atoms with Crippen LogP contribution in [0.15, 0.2) is 24.3 Å². The Morgan fingerprint density at radius 2 is 1.96 bits per heavy atom. The van der Waals surface area contributed by atoms with Crippen LogP contribution < -0.4 is 10.2 Å². The van der Waals surface area contributed by atoms with Crippen LogP contribution in [-0.4, -0.2) is 59.4 Å². The number of rotatable bonds is 2. The molecule has 2 aliphatic heterocycles. The molecule has 6 heteroatoms. The highest BCUT2D eigenvalue weighted by molar-refractivity contribution is 8.01. The van der Waals surface area contributed by atoms with Gasteiger partial charge in [0, 0.05) is 37.6 Å². The van der Waals surface area contributed by atoms with Crippen LogP contribution in [0, 0.1) is 6.92 Å². The predicted octanol–water partition coefficient (Wildman–Crippen LogP) is 1.65. The molecule has 0 aliphatic carbocycles. The van der Waals surface area contributed by atoms with Gasteiger partial charge in [0.25, 0.3) is 0 Å². The molecule has 2 heterocycles. The first-order chi connectivity index (χ1) is 11.4. The summed E-state index contributed by atoms with van der Waals surface area (Å²) in [6.45, 7) is 8.94. The van der Waals surface area contributed by atoms with Crippen LogP contribution in [0.3, 0.4) is 0 Å². The van der Waals surface area contributed by atoms with Gasteiger partial charge in [-0.15, -0.1) is 11.8 Å². The second-order valence-electron chi connectivity index (χ2n) is 7.00. The Hall–Kier alpha value is -1.69. The molecule has 130 valence electrons. The Labute approximate surface area is 147 Å². The lowest BCUT2D eigenvalue weighted by atomic mass is 10.1.